The monoisotopic (exact) mass is 384 g/mol. The van der Waals surface area contributed by atoms with Crippen molar-refractivity contribution in [1.82, 2.24) is 14.5 Å². The van der Waals surface area contributed by atoms with E-state index in [9.17, 15) is 16.8 Å². The summed E-state index contributed by atoms with van der Waals surface area (Å²) < 4.78 is 56.0. The van der Waals surface area contributed by atoms with Crippen LogP contribution in [0.3, 0.4) is 0 Å². The highest BCUT2D eigenvalue weighted by atomic mass is 32.2. The van der Waals surface area contributed by atoms with E-state index < -0.39 is 20.0 Å². The van der Waals surface area contributed by atoms with Crippen LogP contribution >= 0.6 is 0 Å². The molecule has 25 heavy (non-hydrogen) atoms. The van der Waals surface area contributed by atoms with Crippen LogP contribution in [-0.2, 0) is 27.1 Å². The first-order chi connectivity index (χ1) is 11.7. The number of sulfonamides is 2. The number of rotatable bonds is 7. The topological polar surface area (TPSA) is 101 Å². The Morgan fingerprint density at radius 1 is 1.16 bits per heavy atom. The molecule has 1 aliphatic carbocycles. The first-order valence-electron chi connectivity index (χ1n) is 7.79. The van der Waals surface area contributed by atoms with Crippen molar-refractivity contribution in [3.05, 3.63) is 36.5 Å². The van der Waals surface area contributed by atoms with Crippen LogP contribution in [0, 0.1) is 5.92 Å². The Morgan fingerprint density at radius 2 is 1.80 bits per heavy atom. The Labute approximate surface area is 147 Å². The van der Waals surface area contributed by atoms with Crippen LogP contribution in [0.4, 0.5) is 5.82 Å². The molecule has 0 unspecified atom stereocenters. The molecule has 1 saturated carbocycles. The van der Waals surface area contributed by atoms with Gasteiger partial charge in [-0.05, 0) is 30.9 Å². The van der Waals surface area contributed by atoms with Gasteiger partial charge < -0.3 is 0 Å². The van der Waals surface area contributed by atoms with Gasteiger partial charge in [0.1, 0.15) is 9.79 Å². The second-order valence-corrected chi connectivity index (χ2v) is 9.74. The van der Waals surface area contributed by atoms with Gasteiger partial charge in [-0.25, -0.2) is 21.6 Å². The number of anilines is 1. The lowest BCUT2D eigenvalue weighted by Crippen LogP contribution is -2.31. The van der Waals surface area contributed by atoms with Gasteiger partial charge in [0.25, 0.3) is 10.0 Å². The lowest BCUT2D eigenvalue weighted by Gasteiger charge is -2.19. The standard InChI is InChI=1S/C15H20N4O4S2/c1-18-10-9-15(17-18)19(2)25(22,23)14-6-4-3-5-13(14)24(20,21)16-11-12-7-8-12/h3-6,9-10,12,16H,7-8,11H2,1-2H3. The molecule has 8 nitrogen and oxygen atoms in total. The van der Waals surface area contributed by atoms with Crippen LogP contribution in [0.5, 0.6) is 0 Å². The van der Waals surface area contributed by atoms with E-state index in [2.05, 4.69) is 9.82 Å². The molecule has 0 atom stereocenters. The molecule has 1 aliphatic rings. The molecule has 136 valence electrons. The van der Waals surface area contributed by atoms with Crippen LogP contribution in [0.1, 0.15) is 12.8 Å². The summed E-state index contributed by atoms with van der Waals surface area (Å²) in [5, 5.41) is 4.06. The molecule has 2 aromatic rings. The summed E-state index contributed by atoms with van der Waals surface area (Å²) in [7, 11) is -4.98. The van der Waals surface area contributed by atoms with Gasteiger partial charge in [0.15, 0.2) is 5.82 Å². The largest absolute Gasteiger partial charge is 0.274 e. The lowest BCUT2D eigenvalue weighted by molar-refractivity contribution is 0.569. The Kier molecular flexibility index (Phi) is 4.60. The van der Waals surface area contributed by atoms with E-state index in [0.717, 1.165) is 17.1 Å². The van der Waals surface area contributed by atoms with Crippen molar-refractivity contribution in [3.63, 3.8) is 0 Å². The maximum absolute atomic E-state index is 12.9. The number of hydrogen-bond donors (Lipinski definition) is 1. The van der Waals surface area contributed by atoms with Crippen LogP contribution in [0.25, 0.3) is 0 Å². The third-order valence-corrected chi connectivity index (χ3v) is 7.49. The van der Waals surface area contributed by atoms with Gasteiger partial charge in [0.2, 0.25) is 10.0 Å². The Balaban J connectivity index is 1.99. The van der Waals surface area contributed by atoms with Crippen LogP contribution in [0.2, 0.25) is 0 Å². The second kappa shape index (κ2) is 6.43. The fraction of sp³-hybridized carbons (Fsp3) is 0.400. The average Bonchev–Trinajstić information content (AvgIpc) is 3.32. The maximum atomic E-state index is 12.9. The average molecular weight is 384 g/mol. The van der Waals surface area contributed by atoms with Gasteiger partial charge >= 0.3 is 0 Å². The molecular weight excluding hydrogens is 364 g/mol. The third-order valence-electron chi connectivity index (χ3n) is 4.06. The van der Waals surface area contributed by atoms with Crippen molar-refractivity contribution in [2.75, 3.05) is 17.9 Å². The fourth-order valence-corrected chi connectivity index (χ4v) is 5.41. The molecule has 1 fully saturated rings. The number of aryl methyl sites for hydroxylation is 1. The minimum atomic E-state index is -4.08. The molecule has 1 heterocycles. The quantitative estimate of drug-likeness (QED) is 0.765. The number of hydrogen-bond acceptors (Lipinski definition) is 5. The fourth-order valence-electron chi connectivity index (χ4n) is 2.35. The lowest BCUT2D eigenvalue weighted by atomic mass is 10.4. The first kappa shape index (κ1) is 17.9. The van der Waals surface area contributed by atoms with Crippen molar-refractivity contribution < 1.29 is 16.8 Å². The van der Waals surface area contributed by atoms with E-state index in [0.29, 0.717) is 12.5 Å². The molecule has 0 spiro atoms. The van der Waals surface area contributed by atoms with E-state index in [4.69, 9.17) is 0 Å². The summed E-state index contributed by atoms with van der Waals surface area (Å²) in [4.78, 5) is -0.523. The summed E-state index contributed by atoms with van der Waals surface area (Å²) in [6.45, 7) is 0.326. The Morgan fingerprint density at radius 3 is 2.36 bits per heavy atom. The molecule has 0 bridgehead atoms. The van der Waals surface area contributed by atoms with E-state index in [1.165, 1.54) is 36.0 Å². The molecular formula is C15H20N4O4S2. The molecule has 1 aromatic heterocycles. The third kappa shape index (κ3) is 3.70. The minimum absolute atomic E-state index is 0.209. The Bertz CT molecular complexity index is 978. The van der Waals surface area contributed by atoms with Gasteiger partial charge in [-0.1, -0.05) is 12.1 Å². The number of nitrogens with one attached hydrogen (secondary N) is 1. The van der Waals surface area contributed by atoms with Gasteiger partial charge in [-0.15, -0.1) is 0 Å². The zero-order valence-electron chi connectivity index (χ0n) is 14.0. The SMILES string of the molecule is CN(c1ccn(C)n1)S(=O)(=O)c1ccccc1S(=O)(=O)NCC1CC1. The summed E-state index contributed by atoms with van der Waals surface area (Å²) in [6, 6.07) is 7.14. The van der Waals surface area contributed by atoms with Gasteiger partial charge in [-0.2, -0.15) is 5.10 Å². The Hall–Kier alpha value is -1.91. The molecule has 10 heteroatoms. The van der Waals surface area contributed by atoms with Crippen molar-refractivity contribution in [2.45, 2.75) is 22.6 Å². The predicted molar refractivity (Wildman–Crippen MR) is 93.2 cm³/mol. The zero-order chi connectivity index (χ0) is 18.2. The molecule has 1 N–H and O–H groups in total. The van der Waals surface area contributed by atoms with Gasteiger partial charge in [0.05, 0.1) is 0 Å². The summed E-state index contributed by atoms with van der Waals surface area (Å²) in [5.74, 6) is 0.551. The van der Waals surface area contributed by atoms with Crippen LogP contribution < -0.4 is 9.03 Å². The molecule has 0 amide bonds. The second-order valence-electron chi connectivity index (χ2n) is 6.06. The van der Waals surface area contributed by atoms with Crippen molar-refractivity contribution in [3.8, 4) is 0 Å². The minimum Gasteiger partial charge on any atom is -0.274 e. The van der Waals surface area contributed by atoms with Gasteiger partial charge in [-0.3, -0.25) is 8.99 Å². The van der Waals surface area contributed by atoms with E-state index in [-0.39, 0.29) is 15.6 Å². The van der Waals surface area contributed by atoms with Crippen LogP contribution in [0.15, 0.2) is 46.3 Å². The van der Waals surface area contributed by atoms with E-state index >= 15 is 0 Å². The molecule has 0 radical (unpaired) electrons. The zero-order valence-corrected chi connectivity index (χ0v) is 15.6. The highest BCUT2D eigenvalue weighted by Gasteiger charge is 2.31. The predicted octanol–water partition coefficient (Wildman–Crippen LogP) is 0.933. The number of benzene rings is 1. The highest BCUT2D eigenvalue weighted by molar-refractivity contribution is 7.94. The molecule has 0 aliphatic heterocycles. The van der Waals surface area contributed by atoms with Crippen molar-refractivity contribution in [1.29, 1.82) is 0 Å². The smallest absolute Gasteiger partial charge is 0.266 e. The highest BCUT2D eigenvalue weighted by Crippen LogP contribution is 2.29. The van der Waals surface area contributed by atoms with E-state index in [1.54, 1.807) is 19.3 Å². The van der Waals surface area contributed by atoms with Gasteiger partial charge in [0, 0.05) is 32.9 Å². The molecule has 0 saturated heterocycles. The summed E-state index contributed by atoms with van der Waals surface area (Å²) >= 11 is 0. The summed E-state index contributed by atoms with van der Waals surface area (Å²) in [5.41, 5.74) is 0. The normalized spacial score (nSPS) is 15.3. The number of nitrogens with zero attached hydrogens (tertiary/aromatic N) is 3. The molecule has 1 aromatic carbocycles. The first-order valence-corrected chi connectivity index (χ1v) is 10.7. The molecule has 3 rings (SSSR count). The van der Waals surface area contributed by atoms with E-state index in [1.807, 2.05) is 0 Å². The van der Waals surface area contributed by atoms with Crippen LogP contribution in [-0.4, -0.2) is 40.2 Å². The maximum Gasteiger partial charge on any atom is 0.266 e. The van der Waals surface area contributed by atoms with Crippen molar-refractivity contribution in [2.24, 2.45) is 13.0 Å². The van der Waals surface area contributed by atoms with Crippen molar-refractivity contribution >= 4 is 25.9 Å². The summed E-state index contributed by atoms with van der Waals surface area (Å²) in [6.07, 6.45) is 3.59. The number of aromatic nitrogens is 2.